The van der Waals surface area contributed by atoms with Crippen molar-refractivity contribution in [2.24, 2.45) is 0 Å². The highest BCUT2D eigenvalue weighted by molar-refractivity contribution is 7.99. The predicted octanol–water partition coefficient (Wildman–Crippen LogP) is 3.54. The molecule has 2 rings (SSSR count). The monoisotopic (exact) mass is 237 g/mol. The summed E-state index contributed by atoms with van der Waals surface area (Å²) < 4.78 is 0. The molecule has 0 amide bonds. The van der Waals surface area contributed by atoms with E-state index in [-0.39, 0.29) is 5.75 Å². The van der Waals surface area contributed by atoms with Gasteiger partial charge in [-0.2, -0.15) is 11.8 Å². The summed E-state index contributed by atoms with van der Waals surface area (Å²) >= 11 is 2.03. The summed E-state index contributed by atoms with van der Waals surface area (Å²) in [5.41, 5.74) is 7.37. The Morgan fingerprint density at radius 1 is 1.25 bits per heavy atom. The third-order valence-electron chi connectivity index (χ3n) is 3.13. The van der Waals surface area contributed by atoms with Crippen LogP contribution in [0.1, 0.15) is 37.7 Å². The summed E-state index contributed by atoms with van der Waals surface area (Å²) in [6, 6.07) is 5.53. The number of phenols is 1. The highest BCUT2D eigenvalue weighted by atomic mass is 32.2. The Morgan fingerprint density at radius 3 is 2.69 bits per heavy atom. The first-order valence-corrected chi connectivity index (χ1v) is 6.99. The van der Waals surface area contributed by atoms with E-state index in [1.165, 1.54) is 37.7 Å². The molecule has 1 fully saturated rings. The van der Waals surface area contributed by atoms with E-state index in [9.17, 15) is 5.11 Å². The van der Waals surface area contributed by atoms with Crippen LogP contribution in [0.3, 0.4) is 0 Å². The van der Waals surface area contributed by atoms with Gasteiger partial charge in [0, 0.05) is 11.0 Å². The van der Waals surface area contributed by atoms with Crippen molar-refractivity contribution < 1.29 is 5.11 Å². The van der Waals surface area contributed by atoms with E-state index in [2.05, 4.69) is 0 Å². The van der Waals surface area contributed by atoms with Crippen LogP contribution in [0.2, 0.25) is 0 Å². The molecule has 3 N–H and O–H groups in total. The number of aromatic hydroxyl groups is 1. The van der Waals surface area contributed by atoms with Crippen LogP contribution in [0.25, 0.3) is 0 Å². The normalized spacial score (nSPS) is 17.5. The van der Waals surface area contributed by atoms with E-state index >= 15 is 0 Å². The van der Waals surface area contributed by atoms with Crippen molar-refractivity contribution in [2.45, 2.75) is 43.1 Å². The van der Waals surface area contributed by atoms with Crippen molar-refractivity contribution >= 4 is 17.4 Å². The smallest absolute Gasteiger partial charge is 0.138 e. The molecular formula is C13H19NOS. The molecule has 0 aliphatic heterocycles. The van der Waals surface area contributed by atoms with Gasteiger partial charge < -0.3 is 10.8 Å². The van der Waals surface area contributed by atoms with Gasteiger partial charge in [0.15, 0.2) is 0 Å². The van der Waals surface area contributed by atoms with Gasteiger partial charge in [0.1, 0.15) is 5.75 Å². The van der Waals surface area contributed by atoms with Gasteiger partial charge in [-0.3, -0.25) is 0 Å². The van der Waals surface area contributed by atoms with Crippen LogP contribution in [0, 0.1) is 0 Å². The molecule has 0 atom stereocenters. The molecule has 2 nitrogen and oxygen atoms in total. The predicted molar refractivity (Wildman–Crippen MR) is 70.7 cm³/mol. The van der Waals surface area contributed by atoms with Crippen molar-refractivity contribution in [1.82, 2.24) is 0 Å². The highest BCUT2D eigenvalue weighted by Crippen LogP contribution is 2.31. The minimum atomic E-state index is 0.186. The first-order valence-electron chi connectivity index (χ1n) is 5.94. The number of nitrogen functional groups attached to an aromatic ring is 1. The Bertz CT molecular complexity index is 348. The number of hydrogen-bond donors (Lipinski definition) is 2. The fourth-order valence-electron chi connectivity index (χ4n) is 2.14. The van der Waals surface area contributed by atoms with E-state index in [1.807, 2.05) is 23.9 Å². The topological polar surface area (TPSA) is 46.2 Å². The lowest BCUT2D eigenvalue weighted by Gasteiger charge is -2.20. The highest BCUT2D eigenvalue weighted by Gasteiger charge is 2.13. The number of anilines is 1. The van der Waals surface area contributed by atoms with Gasteiger partial charge >= 0.3 is 0 Å². The first kappa shape index (κ1) is 11.6. The summed E-state index contributed by atoms with van der Waals surface area (Å²) in [6.07, 6.45) is 6.89. The second-order valence-electron chi connectivity index (χ2n) is 4.46. The molecule has 1 aromatic carbocycles. The molecule has 0 bridgehead atoms. The Balaban J connectivity index is 1.86. The van der Waals surface area contributed by atoms with Crippen LogP contribution in [0.5, 0.6) is 5.75 Å². The molecule has 88 valence electrons. The fourth-order valence-corrected chi connectivity index (χ4v) is 3.41. The van der Waals surface area contributed by atoms with E-state index in [0.717, 1.165) is 11.0 Å². The second kappa shape index (κ2) is 5.48. The maximum absolute atomic E-state index is 9.33. The molecule has 0 unspecified atom stereocenters. The SMILES string of the molecule is Nc1cc(CSC2CCCCC2)ccc1O. The fraction of sp³-hybridized carbons (Fsp3) is 0.538. The Labute approximate surface area is 101 Å². The molecule has 1 aromatic rings. The lowest BCUT2D eigenvalue weighted by atomic mass is 10.0. The largest absolute Gasteiger partial charge is 0.506 e. The van der Waals surface area contributed by atoms with Crippen LogP contribution >= 0.6 is 11.8 Å². The molecule has 0 heterocycles. The van der Waals surface area contributed by atoms with Gasteiger partial charge in [-0.1, -0.05) is 25.3 Å². The van der Waals surface area contributed by atoms with Gasteiger partial charge in [-0.25, -0.2) is 0 Å². The van der Waals surface area contributed by atoms with Crippen LogP contribution in [0.4, 0.5) is 5.69 Å². The van der Waals surface area contributed by atoms with Crippen LogP contribution in [0.15, 0.2) is 18.2 Å². The maximum atomic E-state index is 9.33. The summed E-state index contributed by atoms with van der Waals surface area (Å²) in [5.74, 6) is 1.20. The minimum absolute atomic E-state index is 0.186. The maximum Gasteiger partial charge on any atom is 0.138 e. The standard InChI is InChI=1S/C13H19NOS/c14-12-8-10(6-7-13(12)15)9-16-11-4-2-1-3-5-11/h6-8,11,15H,1-5,9,14H2. The average molecular weight is 237 g/mol. The zero-order chi connectivity index (χ0) is 11.4. The van der Waals surface area contributed by atoms with Crippen LogP contribution < -0.4 is 5.73 Å². The zero-order valence-electron chi connectivity index (χ0n) is 9.48. The van der Waals surface area contributed by atoms with Crippen LogP contribution in [-0.2, 0) is 5.75 Å². The summed E-state index contributed by atoms with van der Waals surface area (Å²) in [5, 5.41) is 10.2. The lowest BCUT2D eigenvalue weighted by Crippen LogP contribution is -2.08. The molecule has 0 spiro atoms. The van der Waals surface area contributed by atoms with Gasteiger partial charge in [0.05, 0.1) is 5.69 Å². The minimum Gasteiger partial charge on any atom is -0.506 e. The summed E-state index contributed by atoms with van der Waals surface area (Å²) in [7, 11) is 0. The summed E-state index contributed by atoms with van der Waals surface area (Å²) in [4.78, 5) is 0. The van der Waals surface area contributed by atoms with Crippen molar-refractivity contribution in [3.05, 3.63) is 23.8 Å². The quantitative estimate of drug-likeness (QED) is 0.624. The summed E-state index contributed by atoms with van der Waals surface area (Å²) in [6.45, 7) is 0. The Kier molecular flexibility index (Phi) is 3.99. The second-order valence-corrected chi connectivity index (χ2v) is 5.75. The van der Waals surface area contributed by atoms with Crippen molar-refractivity contribution in [1.29, 1.82) is 0 Å². The molecule has 1 aliphatic carbocycles. The van der Waals surface area contributed by atoms with E-state index in [0.29, 0.717) is 5.69 Å². The number of nitrogens with two attached hydrogens (primary N) is 1. The van der Waals surface area contributed by atoms with E-state index in [1.54, 1.807) is 6.07 Å². The molecular weight excluding hydrogens is 218 g/mol. The zero-order valence-corrected chi connectivity index (χ0v) is 10.3. The van der Waals surface area contributed by atoms with Gasteiger partial charge in [-0.15, -0.1) is 0 Å². The number of rotatable bonds is 3. The van der Waals surface area contributed by atoms with E-state index in [4.69, 9.17) is 5.73 Å². The molecule has 16 heavy (non-hydrogen) atoms. The molecule has 1 aliphatic rings. The third-order valence-corrected chi connectivity index (χ3v) is 4.57. The number of benzene rings is 1. The number of hydrogen-bond acceptors (Lipinski definition) is 3. The molecule has 3 heteroatoms. The number of phenolic OH excluding ortho intramolecular Hbond substituents is 1. The molecule has 0 saturated heterocycles. The van der Waals surface area contributed by atoms with Gasteiger partial charge in [0.25, 0.3) is 0 Å². The van der Waals surface area contributed by atoms with E-state index < -0.39 is 0 Å². The molecule has 1 saturated carbocycles. The Morgan fingerprint density at radius 2 is 2.00 bits per heavy atom. The van der Waals surface area contributed by atoms with Gasteiger partial charge in [0.2, 0.25) is 0 Å². The first-order chi connectivity index (χ1) is 7.75. The van der Waals surface area contributed by atoms with Crippen LogP contribution in [-0.4, -0.2) is 10.4 Å². The van der Waals surface area contributed by atoms with Gasteiger partial charge in [-0.05, 0) is 30.5 Å². The molecule has 0 radical (unpaired) electrons. The van der Waals surface area contributed by atoms with Crippen molar-refractivity contribution in [3.8, 4) is 5.75 Å². The Hall–Kier alpha value is -0.830. The number of thioether (sulfide) groups is 1. The third kappa shape index (κ3) is 3.08. The average Bonchev–Trinajstić information content (AvgIpc) is 2.32. The lowest BCUT2D eigenvalue weighted by molar-refractivity contribution is 0.478. The molecule has 0 aromatic heterocycles. The van der Waals surface area contributed by atoms with Crippen molar-refractivity contribution in [2.75, 3.05) is 5.73 Å². The van der Waals surface area contributed by atoms with Crippen molar-refractivity contribution in [3.63, 3.8) is 0 Å².